The summed E-state index contributed by atoms with van der Waals surface area (Å²) in [6.45, 7) is 4.21. The molecule has 3 aromatic carbocycles. The SMILES string of the molecule is CC(CNC(=O)c1ccc2c(c1)N=C(N1CCCCC1)c1ccccc1S2(=O)=O)c1ccccc1. The molecule has 0 bridgehead atoms. The highest BCUT2D eigenvalue weighted by molar-refractivity contribution is 7.91. The Morgan fingerprint density at radius 2 is 1.66 bits per heavy atom. The molecule has 3 aromatic rings. The molecule has 1 atom stereocenters. The zero-order chi connectivity index (χ0) is 24.4. The second kappa shape index (κ2) is 9.66. The Balaban J connectivity index is 1.49. The lowest BCUT2D eigenvalue weighted by molar-refractivity contribution is 0.0951. The fraction of sp³-hybridized carbons (Fsp3) is 0.286. The highest BCUT2D eigenvalue weighted by Gasteiger charge is 2.32. The summed E-state index contributed by atoms with van der Waals surface area (Å²) >= 11 is 0. The molecule has 0 aromatic heterocycles. The van der Waals surface area contributed by atoms with Crippen LogP contribution in [-0.2, 0) is 9.84 Å². The predicted molar refractivity (Wildman–Crippen MR) is 137 cm³/mol. The molecule has 1 saturated heterocycles. The second-order valence-electron chi connectivity index (χ2n) is 9.19. The molecule has 0 saturated carbocycles. The van der Waals surface area contributed by atoms with Crippen molar-refractivity contribution in [3.8, 4) is 0 Å². The van der Waals surface area contributed by atoms with Crippen molar-refractivity contribution in [3.05, 3.63) is 89.5 Å². The summed E-state index contributed by atoms with van der Waals surface area (Å²) in [7, 11) is -3.79. The number of hydrogen-bond acceptors (Lipinski definition) is 5. The number of nitrogens with zero attached hydrogens (tertiary/aromatic N) is 2. The Kier molecular flexibility index (Phi) is 6.43. The molecule has 6 nitrogen and oxygen atoms in total. The van der Waals surface area contributed by atoms with E-state index in [0.717, 1.165) is 37.9 Å². The van der Waals surface area contributed by atoms with Gasteiger partial charge in [0, 0.05) is 30.8 Å². The van der Waals surface area contributed by atoms with Gasteiger partial charge in [-0.1, -0.05) is 49.4 Å². The minimum Gasteiger partial charge on any atom is -0.356 e. The first kappa shape index (κ1) is 23.3. The maximum atomic E-state index is 13.6. The van der Waals surface area contributed by atoms with Gasteiger partial charge in [0.15, 0.2) is 0 Å². The van der Waals surface area contributed by atoms with E-state index in [1.807, 2.05) is 42.5 Å². The summed E-state index contributed by atoms with van der Waals surface area (Å²) < 4.78 is 27.2. The molecular weight excluding hydrogens is 458 g/mol. The fourth-order valence-corrected chi connectivity index (χ4v) is 6.32. The van der Waals surface area contributed by atoms with Gasteiger partial charge in [-0.3, -0.25) is 4.79 Å². The van der Waals surface area contributed by atoms with Crippen LogP contribution in [-0.4, -0.2) is 44.7 Å². The minimum absolute atomic E-state index is 0.131. The topological polar surface area (TPSA) is 78.8 Å². The fourth-order valence-electron chi connectivity index (χ4n) is 4.75. The van der Waals surface area contributed by atoms with Crippen molar-refractivity contribution in [1.82, 2.24) is 10.2 Å². The van der Waals surface area contributed by atoms with E-state index < -0.39 is 9.84 Å². The Hall–Kier alpha value is -3.45. The second-order valence-corrected chi connectivity index (χ2v) is 11.1. The van der Waals surface area contributed by atoms with Crippen molar-refractivity contribution < 1.29 is 13.2 Å². The molecule has 2 aliphatic rings. The van der Waals surface area contributed by atoms with Gasteiger partial charge in [-0.25, -0.2) is 13.4 Å². The Morgan fingerprint density at radius 1 is 0.943 bits per heavy atom. The van der Waals surface area contributed by atoms with Crippen LogP contribution < -0.4 is 5.32 Å². The van der Waals surface area contributed by atoms with Crippen molar-refractivity contribution in [2.45, 2.75) is 41.9 Å². The highest BCUT2D eigenvalue weighted by atomic mass is 32.2. The van der Waals surface area contributed by atoms with Crippen LogP contribution in [0.2, 0.25) is 0 Å². The monoisotopic (exact) mass is 487 g/mol. The van der Waals surface area contributed by atoms with E-state index in [-0.39, 0.29) is 21.6 Å². The average Bonchev–Trinajstić information content (AvgIpc) is 3.00. The van der Waals surface area contributed by atoms with Crippen LogP contribution in [0, 0.1) is 0 Å². The van der Waals surface area contributed by atoms with E-state index in [2.05, 4.69) is 17.1 Å². The normalized spacial score (nSPS) is 17.4. The quantitative estimate of drug-likeness (QED) is 0.566. The van der Waals surface area contributed by atoms with Gasteiger partial charge < -0.3 is 10.2 Å². The molecular formula is C28H29N3O3S. The number of carbonyl (C=O) groups excluding carboxylic acids is 1. The molecule has 35 heavy (non-hydrogen) atoms. The van der Waals surface area contributed by atoms with Crippen LogP contribution >= 0.6 is 0 Å². The first-order valence-electron chi connectivity index (χ1n) is 12.1. The number of nitrogens with one attached hydrogen (secondary N) is 1. The Bertz CT molecular complexity index is 1380. The van der Waals surface area contributed by atoms with Crippen LogP contribution in [0.4, 0.5) is 5.69 Å². The largest absolute Gasteiger partial charge is 0.356 e. The number of hydrogen-bond donors (Lipinski definition) is 1. The molecule has 1 N–H and O–H groups in total. The van der Waals surface area contributed by atoms with Crippen LogP contribution in [0.15, 0.2) is 87.6 Å². The van der Waals surface area contributed by atoms with Crippen LogP contribution in [0.3, 0.4) is 0 Å². The first-order chi connectivity index (χ1) is 16.9. The summed E-state index contributed by atoms with van der Waals surface area (Å²) in [4.78, 5) is 20.4. The zero-order valence-corrected chi connectivity index (χ0v) is 20.6. The Labute approximate surface area is 206 Å². The first-order valence-corrected chi connectivity index (χ1v) is 13.6. The maximum absolute atomic E-state index is 13.6. The van der Waals surface area contributed by atoms with E-state index in [0.29, 0.717) is 29.2 Å². The number of fused-ring (bicyclic) bond motifs is 2. The van der Waals surface area contributed by atoms with Crippen LogP contribution in [0.25, 0.3) is 0 Å². The number of amides is 1. The molecule has 5 rings (SSSR count). The lowest BCUT2D eigenvalue weighted by Gasteiger charge is -2.30. The van der Waals surface area contributed by atoms with Crippen molar-refractivity contribution in [2.75, 3.05) is 19.6 Å². The molecule has 2 aliphatic heterocycles. The van der Waals surface area contributed by atoms with Crippen molar-refractivity contribution in [3.63, 3.8) is 0 Å². The number of sulfone groups is 1. The number of aliphatic imine (C=N–C) groups is 1. The summed E-state index contributed by atoms with van der Waals surface area (Å²) in [5, 5.41) is 2.98. The van der Waals surface area contributed by atoms with E-state index in [1.54, 1.807) is 24.3 Å². The van der Waals surface area contributed by atoms with Gasteiger partial charge in [0.05, 0.1) is 15.5 Å². The van der Waals surface area contributed by atoms with Gasteiger partial charge in [-0.05, 0) is 61.1 Å². The molecule has 180 valence electrons. The molecule has 7 heteroatoms. The molecule has 0 spiro atoms. The van der Waals surface area contributed by atoms with Gasteiger partial charge in [0.1, 0.15) is 5.84 Å². The molecule has 2 heterocycles. The third-order valence-electron chi connectivity index (χ3n) is 6.75. The lowest BCUT2D eigenvalue weighted by atomic mass is 10.0. The smallest absolute Gasteiger partial charge is 0.251 e. The van der Waals surface area contributed by atoms with E-state index in [4.69, 9.17) is 4.99 Å². The van der Waals surface area contributed by atoms with Gasteiger partial charge in [0.25, 0.3) is 5.91 Å². The van der Waals surface area contributed by atoms with E-state index >= 15 is 0 Å². The number of benzene rings is 3. The summed E-state index contributed by atoms with van der Waals surface area (Å²) in [5.41, 5.74) is 2.47. The van der Waals surface area contributed by atoms with Crippen LogP contribution in [0.1, 0.15) is 53.6 Å². The summed E-state index contributed by atoms with van der Waals surface area (Å²) in [5.74, 6) is 0.571. The highest BCUT2D eigenvalue weighted by Crippen LogP contribution is 2.37. The third-order valence-corrected chi connectivity index (χ3v) is 8.61. The zero-order valence-electron chi connectivity index (χ0n) is 19.8. The molecule has 1 unspecified atom stereocenters. The number of rotatable bonds is 4. The maximum Gasteiger partial charge on any atom is 0.251 e. The van der Waals surface area contributed by atoms with Gasteiger partial charge >= 0.3 is 0 Å². The van der Waals surface area contributed by atoms with Gasteiger partial charge in [-0.2, -0.15) is 0 Å². The minimum atomic E-state index is -3.79. The molecule has 1 fully saturated rings. The summed E-state index contributed by atoms with van der Waals surface area (Å²) in [6, 6.07) is 21.8. The number of amidine groups is 1. The number of piperidine rings is 1. The predicted octanol–water partition coefficient (Wildman–Crippen LogP) is 4.93. The van der Waals surface area contributed by atoms with Crippen molar-refractivity contribution >= 4 is 27.3 Å². The van der Waals surface area contributed by atoms with Gasteiger partial charge in [-0.15, -0.1) is 0 Å². The number of carbonyl (C=O) groups is 1. The summed E-state index contributed by atoms with van der Waals surface area (Å²) in [6.07, 6.45) is 3.25. The average molecular weight is 488 g/mol. The van der Waals surface area contributed by atoms with Crippen molar-refractivity contribution in [2.24, 2.45) is 4.99 Å². The van der Waals surface area contributed by atoms with Crippen LogP contribution in [0.5, 0.6) is 0 Å². The van der Waals surface area contributed by atoms with E-state index in [9.17, 15) is 13.2 Å². The molecule has 0 aliphatic carbocycles. The number of likely N-dealkylation sites (tertiary alicyclic amines) is 1. The molecule has 1 amide bonds. The van der Waals surface area contributed by atoms with Gasteiger partial charge in [0.2, 0.25) is 9.84 Å². The van der Waals surface area contributed by atoms with E-state index in [1.165, 1.54) is 6.07 Å². The lowest BCUT2D eigenvalue weighted by Crippen LogP contribution is -2.36. The molecule has 0 radical (unpaired) electrons. The standard InChI is InChI=1S/C28H29N3O3S/c1-20(21-10-4-2-5-11-21)19-29-28(32)22-14-15-26-24(18-22)30-27(31-16-8-3-9-17-31)23-12-6-7-13-25(23)35(26,33)34/h2,4-7,10-15,18,20H,3,8-9,16-17,19H2,1H3,(H,29,32). The third kappa shape index (κ3) is 4.60. The Morgan fingerprint density at radius 3 is 2.43 bits per heavy atom. The van der Waals surface area contributed by atoms with Crippen molar-refractivity contribution in [1.29, 1.82) is 0 Å².